The maximum Gasteiger partial charge on any atom is 0.410 e. The molecule has 13 nitrogen and oxygen atoms in total. The lowest BCUT2D eigenvalue weighted by Gasteiger charge is -2.39. The molecule has 0 unspecified atom stereocenters. The zero-order valence-corrected chi connectivity index (χ0v) is 27.0. The van der Waals surface area contributed by atoms with Crippen LogP contribution in [0.5, 0.6) is 0 Å². The first-order valence-corrected chi connectivity index (χ1v) is 15.5. The Morgan fingerprint density at radius 3 is 2.67 bits per heavy atom. The van der Waals surface area contributed by atoms with Crippen LogP contribution in [-0.4, -0.2) is 79.7 Å². The van der Waals surface area contributed by atoms with Crippen molar-refractivity contribution in [3.8, 4) is 5.69 Å². The molecule has 0 saturated carbocycles. The Balaban J connectivity index is 1.41. The van der Waals surface area contributed by atoms with Crippen molar-refractivity contribution < 1.29 is 28.2 Å². The molecule has 1 N–H and O–H groups in total. The summed E-state index contributed by atoms with van der Waals surface area (Å²) >= 11 is 0. The molecule has 0 spiro atoms. The highest BCUT2D eigenvalue weighted by atomic mass is 19.1. The van der Waals surface area contributed by atoms with E-state index in [0.29, 0.717) is 47.2 Å². The van der Waals surface area contributed by atoms with Crippen molar-refractivity contribution in [2.24, 2.45) is 0 Å². The monoisotopic (exact) mass is 654 g/mol. The predicted octanol–water partition coefficient (Wildman–Crippen LogP) is 5.41. The Morgan fingerprint density at radius 1 is 1.06 bits per heavy atom. The highest BCUT2D eigenvalue weighted by Crippen LogP contribution is 2.32. The summed E-state index contributed by atoms with van der Waals surface area (Å²) in [6, 6.07) is 14.3. The number of pyridine rings is 2. The largest absolute Gasteiger partial charge is 0.445 e. The van der Waals surface area contributed by atoms with E-state index in [1.54, 1.807) is 68.4 Å². The molecule has 2 aromatic carbocycles. The molecule has 1 atom stereocenters. The SMILES string of the molecule is CNC(=O)OCc1ccc2ccnc(N(C(=O)c3ccc(-n4nnc5cccnc54)cc3F)[C@@H]3CCCN(C(=O)OC(C)(C)C)C3)c2c1. The molecule has 48 heavy (non-hydrogen) atoms. The first kappa shape index (κ1) is 32.3. The van der Waals surface area contributed by atoms with Crippen LogP contribution < -0.4 is 10.2 Å². The summed E-state index contributed by atoms with van der Waals surface area (Å²) in [7, 11) is 1.47. The summed E-state index contributed by atoms with van der Waals surface area (Å²) in [5.74, 6) is -1.13. The standard InChI is InChI=1S/C34H35FN8O5/c1-34(2,3)48-33(46)41-16-6-7-24(19-41)42(29-26-17-21(20-47-32(45)36-4)9-10-22(26)13-15-38-29)31(44)25-12-11-23(18-27(25)35)43-30-28(39-40-43)8-5-14-37-30/h5,8-15,17-18,24H,6-7,16,19-20H2,1-4H3,(H,36,45)/t24-/m1/s1. The molecule has 0 radical (unpaired) electrons. The van der Waals surface area contributed by atoms with Crippen LogP contribution in [0.2, 0.25) is 0 Å². The number of alkyl carbamates (subject to hydrolysis) is 1. The number of fused-ring (bicyclic) bond motifs is 2. The minimum absolute atomic E-state index is 0.0182. The summed E-state index contributed by atoms with van der Waals surface area (Å²) in [5, 5.41) is 12.0. The third-order valence-electron chi connectivity index (χ3n) is 7.88. The Morgan fingerprint density at radius 2 is 1.90 bits per heavy atom. The van der Waals surface area contributed by atoms with Crippen molar-refractivity contribution in [1.82, 2.24) is 35.2 Å². The lowest BCUT2D eigenvalue weighted by molar-refractivity contribution is 0.0196. The number of halogens is 1. The van der Waals surface area contributed by atoms with E-state index in [1.165, 1.54) is 28.8 Å². The number of nitrogens with one attached hydrogen (secondary N) is 1. The number of piperidine rings is 1. The lowest BCUT2D eigenvalue weighted by atomic mass is 10.0. The number of amides is 3. The lowest BCUT2D eigenvalue weighted by Crippen LogP contribution is -2.53. The second kappa shape index (κ2) is 13.2. The van der Waals surface area contributed by atoms with Crippen LogP contribution in [0.1, 0.15) is 49.5 Å². The summed E-state index contributed by atoms with van der Waals surface area (Å²) in [6.45, 7) is 5.94. The Hall–Kier alpha value is -5.66. The van der Waals surface area contributed by atoms with Gasteiger partial charge >= 0.3 is 12.2 Å². The molecule has 14 heteroatoms. The van der Waals surface area contributed by atoms with Crippen LogP contribution in [0, 0.1) is 5.82 Å². The molecule has 3 amide bonds. The molecule has 3 aromatic heterocycles. The van der Waals surface area contributed by atoms with Crippen LogP contribution in [0.15, 0.2) is 67.0 Å². The zero-order valence-electron chi connectivity index (χ0n) is 27.0. The second-order valence-corrected chi connectivity index (χ2v) is 12.4. The van der Waals surface area contributed by atoms with Crippen LogP contribution in [0.25, 0.3) is 27.6 Å². The predicted molar refractivity (Wildman–Crippen MR) is 175 cm³/mol. The van der Waals surface area contributed by atoms with Crippen LogP contribution in [-0.2, 0) is 16.1 Å². The third kappa shape index (κ3) is 6.73. The van der Waals surface area contributed by atoms with Gasteiger partial charge in [-0.25, -0.2) is 23.9 Å². The summed E-state index contributed by atoms with van der Waals surface area (Å²) < 4.78 is 28.3. The summed E-state index contributed by atoms with van der Waals surface area (Å²) in [6.07, 6.45) is 3.19. The molecule has 248 valence electrons. The van der Waals surface area contributed by atoms with E-state index < -0.39 is 35.6 Å². The number of carbonyl (C=O) groups is 3. The molecule has 1 fully saturated rings. The minimum Gasteiger partial charge on any atom is -0.445 e. The zero-order chi connectivity index (χ0) is 34.0. The molecule has 4 heterocycles. The Kier molecular flexibility index (Phi) is 8.89. The number of nitrogens with zero attached hydrogens (tertiary/aromatic N) is 7. The fourth-order valence-corrected chi connectivity index (χ4v) is 5.67. The average Bonchev–Trinajstić information content (AvgIpc) is 3.51. The fraction of sp³-hybridized carbons (Fsp3) is 0.324. The molecule has 5 aromatic rings. The van der Waals surface area contributed by atoms with E-state index in [0.717, 1.165) is 5.39 Å². The highest BCUT2D eigenvalue weighted by Gasteiger charge is 2.36. The van der Waals surface area contributed by atoms with Crippen molar-refractivity contribution >= 4 is 45.8 Å². The van der Waals surface area contributed by atoms with Crippen molar-refractivity contribution in [2.75, 3.05) is 25.0 Å². The van der Waals surface area contributed by atoms with Gasteiger partial charge in [-0.15, -0.1) is 5.10 Å². The summed E-state index contributed by atoms with van der Waals surface area (Å²) in [4.78, 5) is 51.4. The number of carbonyl (C=O) groups excluding carboxylic acids is 3. The minimum atomic E-state index is -0.776. The van der Waals surface area contributed by atoms with Crippen LogP contribution >= 0.6 is 0 Å². The van der Waals surface area contributed by atoms with Crippen molar-refractivity contribution in [1.29, 1.82) is 0 Å². The number of aromatic nitrogens is 5. The van der Waals surface area contributed by atoms with Gasteiger partial charge in [-0.1, -0.05) is 17.3 Å². The number of anilines is 1. The number of hydrogen-bond acceptors (Lipinski definition) is 9. The molecule has 6 rings (SSSR count). The Labute approximate surface area is 275 Å². The maximum absolute atomic E-state index is 16.0. The number of likely N-dealkylation sites (tertiary alicyclic amines) is 1. The van der Waals surface area contributed by atoms with Gasteiger partial charge in [0.2, 0.25) is 0 Å². The number of ether oxygens (including phenoxy) is 2. The van der Waals surface area contributed by atoms with Gasteiger partial charge in [-0.3, -0.25) is 9.69 Å². The number of benzene rings is 2. The van der Waals surface area contributed by atoms with E-state index >= 15 is 4.39 Å². The van der Waals surface area contributed by atoms with Gasteiger partial charge in [0.15, 0.2) is 5.65 Å². The molecule has 1 aliphatic rings. The van der Waals surface area contributed by atoms with Crippen LogP contribution in [0.4, 0.5) is 19.8 Å². The van der Waals surface area contributed by atoms with Gasteiger partial charge in [-0.05, 0) is 81.0 Å². The topological polar surface area (TPSA) is 145 Å². The second-order valence-electron chi connectivity index (χ2n) is 12.4. The molecular weight excluding hydrogens is 619 g/mol. The first-order valence-electron chi connectivity index (χ1n) is 15.5. The smallest absolute Gasteiger partial charge is 0.410 e. The number of hydrogen-bond donors (Lipinski definition) is 1. The molecular formula is C34H35FN8O5. The van der Waals surface area contributed by atoms with Crippen molar-refractivity contribution in [2.45, 2.75) is 51.9 Å². The first-order chi connectivity index (χ1) is 23.0. The van der Waals surface area contributed by atoms with E-state index in [4.69, 9.17) is 9.47 Å². The quantitative estimate of drug-likeness (QED) is 0.254. The van der Waals surface area contributed by atoms with Crippen molar-refractivity contribution in [3.63, 3.8) is 0 Å². The van der Waals surface area contributed by atoms with E-state index in [9.17, 15) is 14.4 Å². The van der Waals surface area contributed by atoms with Crippen molar-refractivity contribution in [3.05, 3.63) is 83.9 Å². The molecule has 0 aliphatic carbocycles. The highest BCUT2D eigenvalue weighted by molar-refractivity contribution is 6.10. The maximum atomic E-state index is 16.0. The van der Waals surface area contributed by atoms with E-state index in [1.807, 2.05) is 12.1 Å². The average molecular weight is 655 g/mol. The molecule has 1 saturated heterocycles. The van der Waals surface area contributed by atoms with E-state index in [2.05, 4.69) is 25.6 Å². The van der Waals surface area contributed by atoms with Crippen LogP contribution in [0.3, 0.4) is 0 Å². The summed E-state index contributed by atoms with van der Waals surface area (Å²) in [5.41, 5.74) is 1.09. The Bertz CT molecular complexity index is 2010. The van der Waals surface area contributed by atoms with Gasteiger partial charge in [0, 0.05) is 44.0 Å². The van der Waals surface area contributed by atoms with Gasteiger partial charge in [0.1, 0.15) is 29.4 Å². The normalized spacial score (nSPS) is 14.9. The van der Waals surface area contributed by atoms with Gasteiger partial charge < -0.3 is 19.7 Å². The molecule has 0 bridgehead atoms. The van der Waals surface area contributed by atoms with Gasteiger partial charge in [-0.2, -0.15) is 4.68 Å². The number of rotatable bonds is 6. The third-order valence-corrected chi connectivity index (χ3v) is 7.88. The molecule has 1 aliphatic heterocycles. The van der Waals surface area contributed by atoms with Gasteiger partial charge in [0.25, 0.3) is 5.91 Å². The van der Waals surface area contributed by atoms with E-state index in [-0.39, 0.29) is 24.5 Å². The van der Waals surface area contributed by atoms with Gasteiger partial charge in [0.05, 0.1) is 17.3 Å². The fourth-order valence-electron chi connectivity index (χ4n) is 5.67.